The second-order valence-corrected chi connectivity index (χ2v) is 8.77. The van der Waals surface area contributed by atoms with Gasteiger partial charge in [0.1, 0.15) is 11.6 Å². The SMILES string of the molecule is CC1=C(N2C(=O)C(NC(=O)[C@H](C)NC[C@@H](O)c3c(F)cccc3F)N=Cc3ccccc32)CCC=C1. The number of amides is 2. The highest BCUT2D eigenvalue weighted by Crippen LogP contribution is 2.32. The smallest absolute Gasteiger partial charge is 0.276 e. The number of carbonyl (C=O) groups excluding carboxylic acids is 2. The van der Waals surface area contributed by atoms with Crippen molar-refractivity contribution in [2.75, 3.05) is 11.4 Å². The second-order valence-electron chi connectivity index (χ2n) is 8.77. The number of hydrogen-bond acceptors (Lipinski definition) is 5. The topological polar surface area (TPSA) is 94.0 Å². The van der Waals surface area contributed by atoms with E-state index in [4.69, 9.17) is 0 Å². The highest BCUT2D eigenvalue weighted by Gasteiger charge is 2.33. The third-order valence-electron chi connectivity index (χ3n) is 6.26. The number of anilines is 1. The van der Waals surface area contributed by atoms with E-state index in [-0.39, 0.29) is 6.54 Å². The fraction of sp³-hybridized carbons (Fsp3) is 0.296. The van der Waals surface area contributed by atoms with Crippen molar-refractivity contribution in [3.05, 3.63) is 88.6 Å². The lowest BCUT2D eigenvalue weighted by Gasteiger charge is -2.30. The molecular weight excluding hydrogens is 466 g/mol. The number of hydrogen-bond donors (Lipinski definition) is 3. The zero-order valence-corrected chi connectivity index (χ0v) is 20.0. The summed E-state index contributed by atoms with van der Waals surface area (Å²) in [6.07, 6.45) is 4.39. The monoisotopic (exact) mass is 494 g/mol. The Morgan fingerprint density at radius 1 is 1.19 bits per heavy atom. The quantitative estimate of drug-likeness (QED) is 0.549. The van der Waals surface area contributed by atoms with Crippen LogP contribution in [0.3, 0.4) is 0 Å². The summed E-state index contributed by atoms with van der Waals surface area (Å²) in [5, 5.41) is 15.7. The van der Waals surface area contributed by atoms with Gasteiger partial charge in [-0.2, -0.15) is 0 Å². The zero-order chi connectivity index (χ0) is 25.8. The van der Waals surface area contributed by atoms with Crippen molar-refractivity contribution in [3.63, 3.8) is 0 Å². The molecule has 1 unspecified atom stereocenters. The lowest BCUT2D eigenvalue weighted by Crippen LogP contribution is -2.52. The minimum absolute atomic E-state index is 0.274. The predicted octanol–water partition coefficient (Wildman–Crippen LogP) is 3.51. The van der Waals surface area contributed by atoms with Crippen molar-refractivity contribution < 1.29 is 23.5 Å². The Bertz CT molecular complexity index is 1240. The van der Waals surface area contributed by atoms with Crippen LogP contribution in [0.15, 0.2) is 70.9 Å². The van der Waals surface area contributed by atoms with Crippen LogP contribution in [0.2, 0.25) is 0 Å². The van der Waals surface area contributed by atoms with Gasteiger partial charge in [0.2, 0.25) is 12.1 Å². The molecule has 2 amide bonds. The summed E-state index contributed by atoms with van der Waals surface area (Å²) in [5.74, 6) is -2.69. The first kappa shape index (κ1) is 25.4. The van der Waals surface area contributed by atoms with Gasteiger partial charge in [0, 0.05) is 24.0 Å². The zero-order valence-electron chi connectivity index (χ0n) is 20.0. The maximum Gasteiger partial charge on any atom is 0.276 e. The first-order valence-electron chi connectivity index (χ1n) is 11.8. The van der Waals surface area contributed by atoms with Gasteiger partial charge in [-0.1, -0.05) is 36.4 Å². The maximum absolute atomic E-state index is 13.9. The summed E-state index contributed by atoms with van der Waals surface area (Å²) < 4.78 is 27.9. The fourth-order valence-electron chi connectivity index (χ4n) is 4.27. The number of nitrogens with one attached hydrogen (secondary N) is 2. The number of aliphatic hydroxyl groups excluding tert-OH is 1. The van der Waals surface area contributed by atoms with Gasteiger partial charge in [-0.25, -0.2) is 8.78 Å². The van der Waals surface area contributed by atoms with Crippen LogP contribution in [0.4, 0.5) is 14.5 Å². The molecule has 0 saturated heterocycles. The van der Waals surface area contributed by atoms with E-state index in [1.165, 1.54) is 13.0 Å². The lowest BCUT2D eigenvalue weighted by atomic mass is 10.0. The van der Waals surface area contributed by atoms with E-state index in [1.807, 2.05) is 37.3 Å². The van der Waals surface area contributed by atoms with Crippen LogP contribution in [0, 0.1) is 11.6 Å². The number of allylic oxidation sites excluding steroid dienone is 4. The summed E-state index contributed by atoms with van der Waals surface area (Å²) in [4.78, 5) is 32.5. The van der Waals surface area contributed by atoms with Crippen LogP contribution in [-0.2, 0) is 9.59 Å². The summed E-state index contributed by atoms with van der Waals surface area (Å²) in [5.41, 5.74) is 2.77. The summed E-state index contributed by atoms with van der Waals surface area (Å²) in [7, 11) is 0. The Balaban J connectivity index is 1.49. The molecule has 2 aromatic carbocycles. The molecule has 3 atom stereocenters. The summed E-state index contributed by atoms with van der Waals surface area (Å²) in [6, 6.07) is 9.82. The number of aliphatic imine (C=N–C) groups is 1. The van der Waals surface area contributed by atoms with E-state index < -0.39 is 47.3 Å². The number of benzodiazepines with no additional fused rings is 1. The van der Waals surface area contributed by atoms with Gasteiger partial charge in [0.25, 0.3) is 5.91 Å². The van der Waals surface area contributed by atoms with Crippen molar-refractivity contribution in [1.82, 2.24) is 10.6 Å². The van der Waals surface area contributed by atoms with E-state index in [0.717, 1.165) is 35.4 Å². The van der Waals surface area contributed by atoms with E-state index in [0.29, 0.717) is 12.1 Å². The third-order valence-corrected chi connectivity index (χ3v) is 6.26. The van der Waals surface area contributed by atoms with Crippen molar-refractivity contribution in [2.24, 2.45) is 4.99 Å². The Hall–Kier alpha value is -3.69. The fourth-order valence-corrected chi connectivity index (χ4v) is 4.27. The lowest BCUT2D eigenvalue weighted by molar-refractivity contribution is -0.128. The molecular formula is C27H28F2N4O3. The molecule has 2 aromatic rings. The van der Waals surface area contributed by atoms with Crippen LogP contribution in [0.5, 0.6) is 0 Å². The molecule has 0 saturated carbocycles. The number of fused-ring (bicyclic) bond motifs is 1. The molecule has 0 bridgehead atoms. The Labute approximate surface area is 208 Å². The van der Waals surface area contributed by atoms with Gasteiger partial charge in [0.05, 0.1) is 23.4 Å². The normalized spacial score (nSPS) is 19.1. The number of rotatable bonds is 7. The highest BCUT2D eigenvalue weighted by molar-refractivity contribution is 6.08. The van der Waals surface area contributed by atoms with Crippen LogP contribution in [0.25, 0.3) is 0 Å². The first-order chi connectivity index (χ1) is 17.3. The largest absolute Gasteiger partial charge is 0.387 e. The molecule has 2 aliphatic rings. The first-order valence-corrected chi connectivity index (χ1v) is 11.8. The van der Waals surface area contributed by atoms with E-state index >= 15 is 0 Å². The van der Waals surface area contributed by atoms with E-state index in [9.17, 15) is 23.5 Å². The second kappa shape index (κ2) is 10.9. The molecule has 0 radical (unpaired) electrons. The summed E-state index contributed by atoms with van der Waals surface area (Å²) >= 11 is 0. The predicted molar refractivity (Wildman–Crippen MR) is 133 cm³/mol. The van der Waals surface area contributed by atoms with Gasteiger partial charge in [0.15, 0.2) is 0 Å². The molecule has 36 heavy (non-hydrogen) atoms. The molecule has 9 heteroatoms. The minimum Gasteiger partial charge on any atom is -0.387 e. The molecule has 1 heterocycles. The van der Waals surface area contributed by atoms with Crippen molar-refractivity contribution in [2.45, 2.75) is 45.0 Å². The van der Waals surface area contributed by atoms with Crippen LogP contribution in [0.1, 0.15) is 43.9 Å². The molecule has 0 spiro atoms. The Morgan fingerprint density at radius 2 is 1.92 bits per heavy atom. The number of carbonyl (C=O) groups is 2. The number of halogens is 2. The number of aliphatic hydroxyl groups is 1. The molecule has 0 aromatic heterocycles. The van der Waals surface area contributed by atoms with E-state index in [1.54, 1.807) is 11.1 Å². The average Bonchev–Trinajstić information content (AvgIpc) is 2.99. The molecule has 1 aliphatic carbocycles. The van der Waals surface area contributed by atoms with Crippen LogP contribution in [-0.4, -0.2) is 41.9 Å². The van der Waals surface area contributed by atoms with Crippen molar-refractivity contribution in [3.8, 4) is 0 Å². The van der Waals surface area contributed by atoms with Crippen molar-refractivity contribution >= 4 is 23.7 Å². The molecule has 0 fully saturated rings. The molecule has 1 aliphatic heterocycles. The number of para-hydroxylation sites is 1. The van der Waals surface area contributed by atoms with E-state index in [2.05, 4.69) is 21.7 Å². The highest BCUT2D eigenvalue weighted by atomic mass is 19.1. The molecule has 7 nitrogen and oxygen atoms in total. The minimum atomic E-state index is -1.50. The van der Waals surface area contributed by atoms with Crippen LogP contribution >= 0.6 is 0 Å². The van der Waals surface area contributed by atoms with Gasteiger partial charge in [-0.3, -0.25) is 19.5 Å². The average molecular weight is 495 g/mol. The number of nitrogens with zero attached hydrogens (tertiary/aromatic N) is 2. The molecule has 4 rings (SSSR count). The molecule has 188 valence electrons. The standard InChI is InChI=1S/C27H28F2N4O3/c1-16-8-3-5-12-21(16)33-22-13-6-4-9-18(22)14-31-25(27(33)36)32-26(35)17(2)30-15-23(34)24-19(28)10-7-11-20(24)29/h3-4,6-11,13-14,17,23,25,30,34H,5,12,15H2,1-2H3,(H,32,35)/t17-,23+,25?/m0/s1. The Morgan fingerprint density at radius 3 is 2.64 bits per heavy atom. The van der Waals surface area contributed by atoms with Gasteiger partial charge in [-0.05, 0) is 50.5 Å². The third kappa shape index (κ3) is 5.27. The van der Waals surface area contributed by atoms with Crippen LogP contribution < -0.4 is 15.5 Å². The van der Waals surface area contributed by atoms with Crippen molar-refractivity contribution in [1.29, 1.82) is 0 Å². The van der Waals surface area contributed by atoms with Gasteiger partial charge in [-0.15, -0.1) is 0 Å². The summed E-state index contributed by atoms with van der Waals surface area (Å²) in [6.45, 7) is 3.19. The van der Waals surface area contributed by atoms with Gasteiger partial charge >= 0.3 is 0 Å². The molecule has 3 N–H and O–H groups in total. The Kier molecular flexibility index (Phi) is 7.71. The number of benzene rings is 2. The maximum atomic E-state index is 13.9. The van der Waals surface area contributed by atoms with Gasteiger partial charge < -0.3 is 15.7 Å².